The lowest BCUT2D eigenvalue weighted by atomic mass is 10.3. The molecule has 0 aliphatic carbocycles. The van der Waals surface area contributed by atoms with E-state index < -0.39 is 0 Å². The van der Waals surface area contributed by atoms with Crippen molar-refractivity contribution < 1.29 is 9.15 Å². The molecule has 1 rings (SSSR count). The maximum Gasteiger partial charge on any atom is 0.234 e. The third kappa shape index (κ3) is 3.64. The molecule has 1 aromatic heterocycles. The molecular weight excluding hydrogens is 204 g/mol. The highest BCUT2D eigenvalue weighted by Crippen LogP contribution is 2.17. The van der Waals surface area contributed by atoms with Gasteiger partial charge in [-0.2, -0.15) is 0 Å². The zero-order chi connectivity index (χ0) is 10.4. The molecule has 0 radical (unpaired) electrons. The second-order valence-electron chi connectivity index (χ2n) is 2.95. The maximum atomic E-state index is 5.78. The van der Waals surface area contributed by atoms with E-state index in [0.717, 1.165) is 26.1 Å². The number of ether oxygens (including phenoxy) is 1. The summed E-state index contributed by atoms with van der Waals surface area (Å²) in [5, 5.41) is 7.48. The van der Waals surface area contributed by atoms with Crippen LogP contribution in [0.3, 0.4) is 0 Å². The average molecular weight is 219 g/mol. The molecule has 0 spiro atoms. The Kier molecular flexibility index (Phi) is 4.90. The van der Waals surface area contributed by atoms with Crippen LogP contribution < -0.4 is 0 Å². The first kappa shape index (κ1) is 11.5. The molecule has 14 heavy (non-hydrogen) atoms. The van der Waals surface area contributed by atoms with E-state index in [1.54, 1.807) is 6.92 Å². The van der Waals surface area contributed by atoms with Gasteiger partial charge in [-0.05, 0) is 20.3 Å². The van der Waals surface area contributed by atoms with Crippen LogP contribution in [0.15, 0.2) is 4.42 Å². The van der Waals surface area contributed by atoms with Crippen LogP contribution in [-0.2, 0) is 11.2 Å². The summed E-state index contributed by atoms with van der Waals surface area (Å²) in [5.74, 6) is 1.12. The first-order valence-corrected chi connectivity index (χ1v) is 5.21. The molecule has 1 unspecified atom stereocenters. The van der Waals surface area contributed by atoms with Gasteiger partial charge in [0.2, 0.25) is 11.8 Å². The lowest BCUT2D eigenvalue weighted by molar-refractivity contribution is 0.143. The van der Waals surface area contributed by atoms with Gasteiger partial charge in [0.1, 0.15) is 5.38 Å². The maximum absolute atomic E-state index is 5.78. The van der Waals surface area contributed by atoms with Gasteiger partial charge in [-0.3, -0.25) is 0 Å². The van der Waals surface area contributed by atoms with E-state index >= 15 is 0 Å². The van der Waals surface area contributed by atoms with Crippen LogP contribution in [0.1, 0.15) is 37.4 Å². The molecule has 4 nitrogen and oxygen atoms in total. The van der Waals surface area contributed by atoms with Crippen LogP contribution in [0.5, 0.6) is 0 Å². The summed E-state index contributed by atoms with van der Waals surface area (Å²) < 4.78 is 10.5. The van der Waals surface area contributed by atoms with Gasteiger partial charge in [-0.1, -0.05) is 0 Å². The highest BCUT2D eigenvalue weighted by atomic mass is 35.5. The SMILES string of the molecule is CCOCCCc1nnc(C(C)Cl)o1. The molecule has 80 valence electrons. The van der Waals surface area contributed by atoms with Crippen LogP contribution in [0, 0.1) is 0 Å². The molecular formula is C9H15ClN2O2. The predicted octanol–water partition coefficient (Wildman–Crippen LogP) is 2.34. The van der Waals surface area contributed by atoms with Gasteiger partial charge in [0.25, 0.3) is 0 Å². The minimum Gasteiger partial charge on any atom is -0.424 e. The fraction of sp³-hybridized carbons (Fsp3) is 0.778. The van der Waals surface area contributed by atoms with Gasteiger partial charge in [0.15, 0.2) is 0 Å². The highest BCUT2D eigenvalue weighted by Gasteiger charge is 2.10. The second kappa shape index (κ2) is 5.98. The first-order valence-electron chi connectivity index (χ1n) is 4.78. The van der Waals surface area contributed by atoms with E-state index in [1.807, 2.05) is 6.92 Å². The van der Waals surface area contributed by atoms with Crippen molar-refractivity contribution in [3.8, 4) is 0 Å². The van der Waals surface area contributed by atoms with Crippen molar-refractivity contribution in [1.82, 2.24) is 10.2 Å². The van der Waals surface area contributed by atoms with Crippen LogP contribution in [0.25, 0.3) is 0 Å². The Bertz CT molecular complexity index is 263. The third-order valence-electron chi connectivity index (χ3n) is 1.71. The molecule has 5 heteroatoms. The van der Waals surface area contributed by atoms with E-state index in [4.69, 9.17) is 20.8 Å². The van der Waals surface area contributed by atoms with Gasteiger partial charge < -0.3 is 9.15 Å². The topological polar surface area (TPSA) is 48.2 Å². The number of aryl methyl sites for hydroxylation is 1. The fourth-order valence-corrected chi connectivity index (χ4v) is 1.09. The van der Waals surface area contributed by atoms with Gasteiger partial charge in [-0.15, -0.1) is 21.8 Å². The molecule has 1 aromatic rings. The third-order valence-corrected chi connectivity index (χ3v) is 1.89. The Labute approximate surface area is 88.6 Å². The largest absolute Gasteiger partial charge is 0.424 e. The van der Waals surface area contributed by atoms with Crippen molar-refractivity contribution in [3.05, 3.63) is 11.8 Å². The number of rotatable bonds is 6. The molecule has 0 saturated carbocycles. The predicted molar refractivity (Wildman–Crippen MR) is 53.4 cm³/mol. The molecule has 0 aliphatic rings. The molecule has 0 N–H and O–H groups in total. The standard InChI is InChI=1S/C9H15ClN2O2/c1-3-13-6-4-5-8-11-12-9(14-8)7(2)10/h7H,3-6H2,1-2H3. The number of aromatic nitrogens is 2. The van der Waals surface area contributed by atoms with Crippen molar-refractivity contribution in [2.75, 3.05) is 13.2 Å². The van der Waals surface area contributed by atoms with E-state index in [1.165, 1.54) is 0 Å². The average Bonchev–Trinajstić information content (AvgIpc) is 2.61. The van der Waals surface area contributed by atoms with Gasteiger partial charge in [-0.25, -0.2) is 0 Å². The zero-order valence-electron chi connectivity index (χ0n) is 8.49. The number of nitrogens with zero attached hydrogens (tertiary/aromatic N) is 2. The van der Waals surface area contributed by atoms with Gasteiger partial charge in [0, 0.05) is 19.6 Å². The number of halogens is 1. The molecule has 0 fully saturated rings. The molecule has 0 amide bonds. The summed E-state index contributed by atoms with van der Waals surface area (Å²) >= 11 is 5.78. The van der Waals surface area contributed by atoms with Crippen molar-refractivity contribution in [2.45, 2.75) is 32.1 Å². The fourth-order valence-electron chi connectivity index (χ4n) is 0.998. The van der Waals surface area contributed by atoms with Gasteiger partial charge in [0.05, 0.1) is 0 Å². The van der Waals surface area contributed by atoms with Crippen molar-refractivity contribution in [2.24, 2.45) is 0 Å². The summed E-state index contributed by atoms with van der Waals surface area (Å²) in [4.78, 5) is 0. The molecule has 0 aromatic carbocycles. The monoisotopic (exact) mass is 218 g/mol. The Morgan fingerprint density at radius 3 is 2.86 bits per heavy atom. The number of hydrogen-bond donors (Lipinski definition) is 0. The Morgan fingerprint density at radius 1 is 1.50 bits per heavy atom. The van der Waals surface area contributed by atoms with Crippen LogP contribution in [-0.4, -0.2) is 23.4 Å². The zero-order valence-corrected chi connectivity index (χ0v) is 9.25. The summed E-state index contributed by atoms with van der Waals surface area (Å²) in [5.41, 5.74) is 0. The quantitative estimate of drug-likeness (QED) is 0.543. The summed E-state index contributed by atoms with van der Waals surface area (Å²) in [6, 6.07) is 0. The minimum absolute atomic E-state index is 0.219. The minimum atomic E-state index is -0.219. The lowest BCUT2D eigenvalue weighted by Gasteiger charge is -1.97. The summed E-state index contributed by atoms with van der Waals surface area (Å²) in [6.07, 6.45) is 1.64. The first-order chi connectivity index (χ1) is 6.74. The molecule has 1 atom stereocenters. The molecule has 0 bridgehead atoms. The van der Waals surface area contributed by atoms with Crippen LogP contribution in [0.2, 0.25) is 0 Å². The number of hydrogen-bond acceptors (Lipinski definition) is 4. The van der Waals surface area contributed by atoms with Crippen LogP contribution in [0.4, 0.5) is 0 Å². The normalized spacial score (nSPS) is 13.1. The van der Waals surface area contributed by atoms with E-state index in [2.05, 4.69) is 10.2 Å². The number of alkyl halides is 1. The van der Waals surface area contributed by atoms with E-state index in [0.29, 0.717) is 11.8 Å². The molecule has 0 saturated heterocycles. The smallest absolute Gasteiger partial charge is 0.234 e. The highest BCUT2D eigenvalue weighted by molar-refractivity contribution is 6.20. The summed E-state index contributed by atoms with van der Waals surface area (Å²) in [6.45, 7) is 5.25. The van der Waals surface area contributed by atoms with Crippen molar-refractivity contribution in [3.63, 3.8) is 0 Å². The lowest BCUT2D eigenvalue weighted by Crippen LogP contribution is -1.95. The molecule has 0 aliphatic heterocycles. The van der Waals surface area contributed by atoms with E-state index in [9.17, 15) is 0 Å². The Hall–Kier alpha value is -0.610. The van der Waals surface area contributed by atoms with Crippen molar-refractivity contribution >= 4 is 11.6 Å². The molecule has 1 heterocycles. The van der Waals surface area contributed by atoms with Crippen molar-refractivity contribution in [1.29, 1.82) is 0 Å². The Balaban J connectivity index is 2.29. The summed E-state index contributed by atoms with van der Waals surface area (Å²) in [7, 11) is 0. The van der Waals surface area contributed by atoms with E-state index in [-0.39, 0.29) is 5.38 Å². The van der Waals surface area contributed by atoms with Gasteiger partial charge >= 0.3 is 0 Å². The Morgan fingerprint density at radius 2 is 2.29 bits per heavy atom. The second-order valence-corrected chi connectivity index (χ2v) is 3.61. The van der Waals surface area contributed by atoms with Crippen LogP contribution >= 0.6 is 11.6 Å².